The van der Waals surface area contributed by atoms with Gasteiger partial charge < -0.3 is 4.74 Å². The van der Waals surface area contributed by atoms with Crippen molar-refractivity contribution in [1.29, 1.82) is 0 Å². The molecular weight excluding hydrogens is 256 g/mol. The van der Waals surface area contributed by atoms with Gasteiger partial charge in [0.25, 0.3) is 5.17 Å². The fraction of sp³-hybridized carbons (Fsp3) is 0.533. The zero-order valence-electron chi connectivity index (χ0n) is 12.1. The summed E-state index contributed by atoms with van der Waals surface area (Å²) in [7, 11) is 0. The van der Waals surface area contributed by atoms with Crippen LogP contribution in [0, 0.1) is 13.8 Å². The van der Waals surface area contributed by atoms with Crippen LogP contribution in [-0.2, 0) is 4.74 Å². The van der Waals surface area contributed by atoms with Crippen LogP contribution in [0.1, 0.15) is 43.7 Å². The maximum atomic E-state index is 5.44. The van der Waals surface area contributed by atoms with Crippen LogP contribution in [0.4, 0.5) is 5.69 Å². The van der Waals surface area contributed by atoms with E-state index in [1.54, 1.807) is 0 Å². The van der Waals surface area contributed by atoms with Gasteiger partial charge in [-0.05, 0) is 49.7 Å². The van der Waals surface area contributed by atoms with E-state index >= 15 is 0 Å². The van der Waals surface area contributed by atoms with Crippen LogP contribution in [0.5, 0.6) is 0 Å². The molecule has 0 amide bonds. The monoisotopic (exact) mass is 280 g/mol. The number of unbranched alkanes of at least 4 members (excludes halogenated alkanes) is 3. The number of aryl methyl sites for hydroxylation is 1. The highest BCUT2D eigenvalue weighted by Gasteiger charge is 2.01. The zero-order valence-corrected chi connectivity index (χ0v) is 12.9. The van der Waals surface area contributed by atoms with E-state index in [0.29, 0.717) is 11.8 Å². The molecule has 0 aromatic heterocycles. The summed E-state index contributed by atoms with van der Waals surface area (Å²) >= 11 is 5.11. The molecule has 0 atom stereocenters. The molecule has 0 fully saturated rings. The third-order valence-electron chi connectivity index (χ3n) is 3.13. The zero-order chi connectivity index (χ0) is 14.1. The van der Waals surface area contributed by atoms with Crippen LogP contribution in [-0.4, -0.2) is 11.8 Å². The van der Waals surface area contributed by atoms with Crippen molar-refractivity contribution in [3.05, 3.63) is 29.3 Å². The summed E-state index contributed by atoms with van der Waals surface area (Å²) in [5.74, 6) is 0. The van der Waals surface area contributed by atoms with Crippen LogP contribution >= 0.6 is 12.2 Å². The first kappa shape index (κ1) is 15.8. The molecule has 0 bridgehead atoms. The van der Waals surface area contributed by atoms with Crippen LogP contribution in [0.25, 0.3) is 0 Å². The van der Waals surface area contributed by atoms with E-state index in [2.05, 4.69) is 37.7 Å². The SMILES string of the molecule is CCCCCCOC(=S)NNc1cccc(C)c1C. The molecule has 1 rings (SSSR count). The lowest BCUT2D eigenvalue weighted by molar-refractivity contribution is 0.289. The van der Waals surface area contributed by atoms with E-state index in [1.165, 1.54) is 30.4 Å². The van der Waals surface area contributed by atoms with Crippen molar-refractivity contribution in [2.24, 2.45) is 0 Å². The molecule has 0 saturated carbocycles. The first-order valence-electron chi connectivity index (χ1n) is 6.90. The predicted molar refractivity (Wildman–Crippen MR) is 85.4 cm³/mol. The Morgan fingerprint density at radius 1 is 1.21 bits per heavy atom. The van der Waals surface area contributed by atoms with Gasteiger partial charge in [-0.15, -0.1) is 0 Å². The van der Waals surface area contributed by atoms with Crippen molar-refractivity contribution in [3.8, 4) is 0 Å². The van der Waals surface area contributed by atoms with Gasteiger partial charge in [0, 0.05) is 0 Å². The number of hydrazine groups is 1. The molecule has 0 unspecified atom stereocenters. The summed E-state index contributed by atoms with van der Waals surface area (Å²) in [4.78, 5) is 0. The highest BCUT2D eigenvalue weighted by Crippen LogP contribution is 2.16. The maximum Gasteiger partial charge on any atom is 0.275 e. The molecule has 19 heavy (non-hydrogen) atoms. The van der Waals surface area contributed by atoms with Crippen molar-refractivity contribution >= 4 is 23.1 Å². The summed E-state index contributed by atoms with van der Waals surface area (Å²) in [5.41, 5.74) is 9.49. The van der Waals surface area contributed by atoms with Crippen LogP contribution in [0.15, 0.2) is 18.2 Å². The molecule has 0 heterocycles. The van der Waals surface area contributed by atoms with Crippen LogP contribution in [0.2, 0.25) is 0 Å². The summed E-state index contributed by atoms with van der Waals surface area (Å²) in [5, 5.41) is 0.400. The lowest BCUT2D eigenvalue weighted by Crippen LogP contribution is -2.30. The van der Waals surface area contributed by atoms with E-state index < -0.39 is 0 Å². The Hall–Kier alpha value is -1.29. The second-order valence-corrected chi connectivity index (χ2v) is 5.06. The lowest BCUT2D eigenvalue weighted by Gasteiger charge is -2.14. The molecule has 1 aromatic rings. The van der Waals surface area contributed by atoms with Gasteiger partial charge in [0.15, 0.2) is 0 Å². The summed E-state index contributed by atoms with van der Waals surface area (Å²) in [6.07, 6.45) is 4.74. The number of anilines is 1. The van der Waals surface area contributed by atoms with Crippen LogP contribution in [0.3, 0.4) is 0 Å². The minimum absolute atomic E-state index is 0.400. The summed E-state index contributed by atoms with van der Waals surface area (Å²) < 4.78 is 5.44. The van der Waals surface area contributed by atoms with Crippen molar-refractivity contribution in [3.63, 3.8) is 0 Å². The Bertz CT molecular complexity index is 407. The molecule has 0 aliphatic carbocycles. The minimum atomic E-state index is 0.400. The Labute approximate surface area is 121 Å². The molecular formula is C15H24N2OS. The van der Waals surface area contributed by atoms with Gasteiger partial charge in [-0.1, -0.05) is 38.3 Å². The summed E-state index contributed by atoms with van der Waals surface area (Å²) in [6.45, 7) is 7.04. The smallest absolute Gasteiger partial charge is 0.275 e. The number of thiocarbonyl (C=S) groups is 1. The van der Waals surface area contributed by atoms with E-state index in [9.17, 15) is 0 Å². The largest absolute Gasteiger partial charge is 0.470 e. The second-order valence-electron chi connectivity index (χ2n) is 4.69. The molecule has 0 radical (unpaired) electrons. The highest BCUT2D eigenvalue weighted by atomic mass is 32.1. The quantitative estimate of drug-likeness (QED) is 0.447. The number of benzene rings is 1. The number of hydrogen-bond donors (Lipinski definition) is 2. The third-order valence-corrected chi connectivity index (χ3v) is 3.35. The average Bonchev–Trinajstić information content (AvgIpc) is 2.40. The Morgan fingerprint density at radius 3 is 2.74 bits per heavy atom. The van der Waals surface area contributed by atoms with Gasteiger partial charge >= 0.3 is 0 Å². The first-order valence-corrected chi connectivity index (χ1v) is 7.31. The molecule has 3 nitrogen and oxygen atoms in total. The Balaban J connectivity index is 2.24. The van der Waals surface area contributed by atoms with Gasteiger partial charge in [0.2, 0.25) is 0 Å². The predicted octanol–water partition coefficient (Wildman–Crippen LogP) is 4.10. The lowest BCUT2D eigenvalue weighted by atomic mass is 10.1. The molecule has 0 aliphatic heterocycles. The minimum Gasteiger partial charge on any atom is -0.470 e. The maximum absolute atomic E-state index is 5.44. The number of ether oxygens (including phenoxy) is 1. The van der Waals surface area contributed by atoms with Gasteiger partial charge in [0.05, 0.1) is 12.3 Å². The molecule has 0 spiro atoms. The standard InChI is InChI=1S/C15H24N2OS/c1-4-5-6-7-11-18-15(19)17-16-14-10-8-9-12(2)13(14)3/h8-10,16H,4-7,11H2,1-3H3,(H,17,19). The van der Waals surface area contributed by atoms with E-state index in [1.807, 2.05) is 12.1 Å². The van der Waals surface area contributed by atoms with Crippen molar-refractivity contribution in [2.45, 2.75) is 46.5 Å². The van der Waals surface area contributed by atoms with E-state index in [0.717, 1.165) is 12.1 Å². The van der Waals surface area contributed by atoms with E-state index in [4.69, 9.17) is 17.0 Å². The van der Waals surface area contributed by atoms with Crippen molar-refractivity contribution < 1.29 is 4.74 Å². The molecule has 1 aromatic carbocycles. The molecule has 4 heteroatoms. The van der Waals surface area contributed by atoms with Crippen molar-refractivity contribution in [2.75, 3.05) is 12.0 Å². The average molecular weight is 280 g/mol. The normalized spacial score (nSPS) is 10.1. The second kappa shape index (κ2) is 8.75. The fourth-order valence-electron chi connectivity index (χ4n) is 1.73. The molecule has 0 aliphatic rings. The number of nitrogens with one attached hydrogen (secondary N) is 2. The Kier molecular flexibility index (Phi) is 7.26. The van der Waals surface area contributed by atoms with Gasteiger partial charge in [0.1, 0.15) is 0 Å². The fourth-order valence-corrected chi connectivity index (χ4v) is 1.87. The Morgan fingerprint density at radius 2 is 2.00 bits per heavy atom. The topological polar surface area (TPSA) is 33.3 Å². The van der Waals surface area contributed by atoms with Crippen LogP contribution < -0.4 is 10.9 Å². The first-order chi connectivity index (χ1) is 9.15. The molecule has 0 saturated heterocycles. The third kappa shape index (κ3) is 5.92. The van der Waals surface area contributed by atoms with Gasteiger partial charge in [-0.25, -0.2) is 0 Å². The number of hydrogen-bond acceptors (Lipinski definition) is 3. The van der Waals surface area contributed by atoms with E-state index in [-0.39, 0.29) is 0 Å². The highest BCUT2D eigenvalue weighted by molar-refractivity contribution is 7.80. The van der Waals surface area contributed by atoms with Crippen molar-refractivity contribution in [1.82, 2.24) is 5.43 Å². The molecule has 106 valence electrons. The summed E-state index contributed by atoms with van der Waals surface area (Å²) in [6, 6.07) is 6.11. The number of rotatable bonds is 7. The van der Waals surface area contributed by atoms with Gasteiger partial charge in [-0.3, -0.25) is 10.9 Å². The molecule has 2 N–H and O–H groups in total. The van der Waals surface area contributed by atoms with Gasteiger partial charge in [-0.2, -0.15) is 0 Å².